The van der Waals surface area contributed by atoms with E-state index in [0.29, 0.717) is 11.5 Å². The second-order valence-electron chi connectivity index (χ2n) is 8.22. The maximum atomic E-state index is 12.4. The molecule has 0 saturated heterocycles. The lowest BCUT2D eigenvalue weighted by Gasteiger charge is -2.08. The summed E-state index contributed by atoms with van der Waals surface area (Å²) in [6, 6.07) is 32.0. The molecule has 0 aliphatic heterocycles. The molecule has 5 rings (SSSR count). The Labute approximate surface area is 213 Å². The van der Waals surface area contributed by atoms with Gasteiger partial charge in [0.25, 0.3) is 0 Å². The normalized spacial score (nSPS) is 11.4. The molecule has 1 aliphatic carbocycles. The summed E-state index contributed by atoms with van der Waals surface area (Å²) in [4.78, 5) is 27.0. The minimum atomic E-state index is -0.0207. The van der Waals surface area contributed by atoms with E-state index >= 15 is 0 Å². The van der Waals surface area contributed by atoms with Crippen LogP contribution < -0.4 is 10.6 Å². The number of fused-ring (bicyclic) bond motifs is 3. The second kappa shape index (κ2) is 10.8. The fourth-order valence-corrected chi connectivity index (χ4v) is 5.53. The molecular weight excluding hydrogens is 472 g/mol. The number of nitrogens with one attached hydrogen (secondary N) is 2. The Bertz CT molecular complexity index is 1250. The molecule has 0 radical (unpaired) electrons. The van der Waals surface area contributed by atoms with Crippen molar-refractivity contribution >= 4 is 46.7 Å². The molecule has 1 aliphatic rings. The van der Waals surface area contributed by atoms with Crippen molar-refractivity contribution in [3.05, 3.63) is 108 Å². The highest BCUT2D eigenvalue weighted by Crippen LogP contribution is 2.39. The summed E-state index contributed by atoms with van der Waals surface area (Å²) >= 11 is 3.05. The van der Waals surface area contributed by atoms with Crippen molar-refractivity contribution < 1.29 is 9.59 Å². The molecule has 0 spiro atoms. The van der Waals surface area contributed by atoms with Crippen LogP contribution in [0.5, 0.6) is 0 Å². The zero-order valence-corrected chi connectivity index (χ0v) is 20.6. The van der Waals surface area contributed by atoms with Gasteiger partial charge in [-0.1, -0.05) is 48.5 Å². The van der Waals surface area contributed by atoms with Crippen molar-refractivity contribution in [1.29, 1.82) is 0 Å². The molecule has 0 saturated carbocycles. The number of thioether (sulfide) groups is 2. The third kappa shape index (κ3) is 5.96. The summed E-state index contributed by atoms with van der Waals surface area (Å²) in [7, 11) is 0. The number of rotatable bonds is 8. The number of benzene rings is 4. The van der Waals surface area contributed by atoms with E-state index in [1.54, 1.807) is 0 Å². The molecule has 2 amide bonds. The van der Waals surface area contributed by atoms with Gasteiger partial charge in [-0.2, -0.15) is 0 Å². The number of carbonyl (C=O) groups is 2. The van der Waals surface area contributed by atoms with Crippen molar-refractivity contribution in [3.8, 4) is 11.1 Å². The zero-order chi connectivity index (χ0) is 24.0. The van der Waals surface area contributed by atoms with Gasteiger partial charge in [-0.05, 0) is 77.2 Å². The van der Waals surface area contributed by atoms with Gasteiger partial charge in [-0.3, -0.25) is 9.59 Å². The Kier molecular flexibility index (Phi) is 7.21. The molecule has 174 valence electrons. The molecule has 0 heterocycles. The molecule has 0 atom stereocenters. The van der Waals surface area contributed by atoms with Crippen LogP contribution in [0.3, 0.4) is 0 Å². The van der Waals surface area contributed by atoms with Gasteiger partial charge in [0.2, 0.25) is 11.8 Å². The standard InChI is InChI=1S/C29H24N2O2S2/c32-28(18-34-24-7-3-1-4-8-24)30-22-11-13-26-20(16-22)15-21-17-23(12-14-27(21)26)31-29(33)19-35-25-9-5-2-6-10-25/h1-14,16-17H,15,18-19H2,(H,30,32)(H,31,33). The summed E-state index contributed by atoms with van der Waals surface area (Å²) in [6.45, 7) is 0. The zero-order valence-electron chi connectivity index (χ0n) is 19.0. The van der Waals surface area contributed by atoms with Crippen molar-refractivity contribution in [2.24, 2.45) is 0 Å². The Morgan fingerprint density at radius 1 is 0.600 bits per heavy atom. The van der Waals surface area contributed by atoms with E-state index in [1.807, 2.05) is 72.8 Å². The quantitative estimate of drug-likeness (QED) is 0.234. The minimum Gasteiger partial charge on any atom is -0.325 e. The van der Waals surface area contributed by atoms with Gasteiger partial charge >= 0.3 is 0 Å². The lowest BCUT2D eigenvalue weighted by Crippen LogP contribution is -2.14. The highest BCUT2D eigenvalue weighted by atomic mass is 32.2. The van der Waals surface area contributed by atoms with Crippen LogP contribution in [0.1, 0.15) is 11.1 Å². The fourth-order valence-electron chi connectivity index (χ4n) is 4.09. The van der Waals surface area contributed by atoms with Gasteiger partial charge in [0.15, 0.2) is 0 Å². The molecular formula is C29H24N2O2S2. The van der Waals surface area contributed by atoms with Crippen LogP contribution in [0.2, 0.25) is 0 Å². The number of carbonyl (C=O) groups excluding carboxylic acids is 2. The van der Waals surface area contributed by atoms with Crippen molar-refractivity contribution in [3.63, 3.8) is 0 Å². The highest BCUT2D eigenvalue weighted by Gasteiger charge is 2.20. The lowest BCUT2D eigenvalue weighted by atomic mass is 10.0. The first kappa shape index (κ1) is 23.3. The average Bonchev–Trinajstić information content (AvgIpc) is 3.24. The van der Waals surface area contributed by atoms with E-state index in [1.165, 1.54) is 45.8 Å². The molecule has 0 bridgehead atoms. The van der Waals surface area contributed by atoms with Crippen LogP contribution in [-0.2, 0) is 16.0 Å². The van der Waals surface area contributed by atoms with Crippen molar-refractivity contribution in [2.45, 2.75) is 16.2 Å². The summed E-state index contributed by atoms with van der Waals surface area (Å²) in [6.07, 6.45) is 0.773. The fraction of sp³-hybridized carbons (Fsp3) is 0.103. The molecule has 4 aromatic carbocycles. The van der Waals surface area contributed by atoms with Gasteiger partial charge in [0.05, 0.1) is 11.5 Å². The minimum absolute atomic E-state index is 0.0207. The van der Waals surface area contributed by atoms with Crippen LogP contribution in [0.4, 0.5) is 11.4 Å². The Balaban J connectivity index is 1.18. The third-order valence-corrected chi connectivity index (χ3v) is 7.70. The maximum absolute atomic E-state index is 12.4. The number of anilines is 2. The molecule has 35 heavy (non-hydrogen) atoms. The van der Waals surface area contributed by atoms with Crippen LogP contribution >= 0.6 is 23.5 Å². The van der Waals surface area contributed by atoms with Crippen molar-refractivity contribution in [1.82, 2.24) is 0 Å². The van der Waals surface area contributed by atoms with Gasteiger partial charge in [-0.25, -0.2) is 0 Å². The lowest BCUT2D eigenvalue weighted by molar-refractivity contribution is -0.114. The molecule has 0 unspecified atom stereocenters. The van der Waals surface area contributed by atoms with E-state index in [-0.39, 0.29) is 11.8 Å². The molecule has 4 aromatic rings. The Morgan fingerprint density at radius 3 is 1.46 bits per heavy atom. The SMILES string of the molecule is O=C(CSc1ccccc1)Nc1ccc2c(c1)Cc1cc(NC(=O)CSc3ccccc3)ccc1-2. The number of hydrogen-bond donors (Lipinski definition) is 2. The second-order valence-corrected chi connectivity index (χ2v) is 10.3. The monoisotopic (exact) mass is 496 g/mol. The largest absolute Gasteiger partial charge is 0.325 e. The van der Waals surface area contributed by atoms with Crippen LogP contribution in [0.25, 0.3) is 11.1 Å². The first-order chi connectivity index (χ1) is 17.1. The smallest absolute Gasteiger partial charge is 0.234 e. The molecule has 0 aromatic heterocycles. The highest BCUT2D eigenvalue weighted by molar-refractivity contribution is 8.00. The molecule has 0 fully saturated rings. The van der Waals surface area contributed by atoms with E-state index in [2.05, 4.69) is 34.9 Å². The Morgan fingerprint density at radius 2 is 1.03 bits per heavy atom. The van der Waals surface area contributed by atoms with E-state index in [9.17, 15) is 9.59 Å². The predicted molar refractivity (Wildman–Crippen MR) is 146 cm³/mol. The summed E-state index contributed by atoms with van der Waals surface area (Å²) in [5, 5.41) is 6.03. The van der Waals surface area contributed by atoms with E-state index < -0.39 is 0 Å². The van der Waals surface area contributed by atoms with Crippen molar-refractivity contribution in [2.75, 3.05) is 22.1 Å². The molecule has 4 nitrogen and oxygen atoms in total. The average molecular weight is 497 g/mol. The summed E-state index contributed by atoms with van der Waals surface area (Å²) in [5.41, 5.74) is 6.32. The van der Waals surface area contributed by atoms with Crippen LogP contribution in [-0.4, -0.2) is 23.3 Å². The first-order valence-electron chi connectivity index (χ1n) is 11.4. The van der Waals surface area contributed by atoms with E-state index in [4.69, 9.17) is 0 Å². The topological polar surface area (TPSA) is 58.2 Å². The summed E-state index contributed by atoms with van der Waals surface area (Å²) < 4.78 is 0. The van der Waals surface area contributed by atoms with E-state index in [0.717, 1.165) is 27.6 Å². The predicted octanol–water partition coefficient (Wildman–Crippen LogP) is 6.72. The van der Waals surface area contributed by atoms with Crippen LogP contribution in [0, 0.1) is 0 Å². The maximum Gasteiger partial charge on any atom is 0.234 e. The first-order valence-corrected chi connectivity index (χ1v) is 13.3. The number of amides is 2. The Hall–Kier alpha value is -3.48. The molecule has 6 heteroatoms. The number of hydrogen-bond acceptors (Lipinski definition) is 4. The van der Waals surface area contributed by atoms with Crippen LogP contribution in [0.15, 0.2) is 107 Å². The van der Waals surface area contributed by atoms with Gasteiger partial charge in [0.1, 0.15) is 0 Å². The summed E-state index contributed by atoms with van der Waals surface area (Å²) in [5.74, 6) is 0.695. The van der Waals surface area contributed by atoms with Gasteiger partial charge in [0, 0.05) is 21.2 Å². The third-order valence-electron chi connectivity index (χ3n) is 5.68. The van der Waals surface area contributed by atoms with Gasteiger partial charge in [-0.15, -0.1) is 23.5 Å². The molecule has 2 N–H and O–H groups in total. The van der Waals surface area contributed by atoms with Gasteiger partial charge < -0.3 is 10.6 Å².